The highest BCUT2D eigenvalue weighted by atomic mass is 19.1. The Morgan fingerprint density at radius 3 is 2.67 bits per heavy atom. The van der Waals surface area contributed by atoms with E-state index in [4.69, 9.17) is 0 Å². The van der Waals surface area contributed by atoms with Crippen molar-refractivity contribution in [3.8, 4) is 5.69 Å². The lowest BCUT2D eigenvalue weighted by Crippen LogP contribution is -2.33. The van der Waals surface area contributed by atoms with Crippen molar-refractivity contribution in [2.24, 2.45) is 0 Å². The second-order valence-electron chi connectivity index (χ2n) is 4.70. The lowest BCUT2D eigenvalue weighted by molar-refractivity contribution is 0.0785. The van der Waals surface area contributed by atoms with Crippen LogP contribution in [0.3, 0.4) is 0 Å². The van der Waals surface area contributed by atoms with Gasteiger partial charge in [-0.2, -0.15) is 0 Å². The summed E-state index contributed by atoms with van der Waals surface area (Å²) in [7, 11) is 3.53. The molecule has 2 aromatic rings. The van der Waals surface area contributed by atoms with Crippen LogP contribution in [0, 0.1) is 12.7 Å². The summed E-state index contributed by atoms with van der Waals surface area (Å²) < 4.78 is 14.5. The highest BCUT2D eigenvalue weighted by Crippen LogP contribution is 2.11. The number of amides is 1. The number of aromatic nitrogens is 3. The molecule has 0 aliphatic heterocycles. The molecule has 0 fully saturated rings. The van der Waals surface area contributed by atoms with Gasteiger partial charge in [0.2, 0.25) is 5.82 Å². The van der Waals surface area contributed by atoms with Crippen LogP contribution in [-0.2, 0) is 0 Å². The minimum Gasteiger partial charge on any atom is -0.338 e. The smallest absolute Gasteiger partial charge is 0.293 e. The van der Waals surface area contributed by atoms with Crippen LogP contribution in [0.15, 0.2) is 24.3 Å². The zero-order chi connectivity index (χ0) is 15.4. The maximum Gasteiger partial charge on any atom is 0.293 e. The van der Waals surface area contributed by atoms with Crippen LogP contribution in [0.4, 0.5) is 4.39 Å². The van der Waals surface area contributed by atoms with Gasteiger partial charge >= 0.3 is 0 Å². The highest BCUT2D eigenvalue weighted by Gasteiger charge is 2.18. The zero-order valence-corrected chi connectivity index (χ0v) is 12.3. The van der Waals surface area contributed by atoms with Crippen molar-refractivity contribution in [3.63, 3.8) is 0 Å². The molecule has 0 radical (unpaired) electrons. The standard InChI is InChI=1S/C14H18FN5O/c1-10-17-13(14(21)19(3)9-8-16-2)18-20(10)12-6-4-11(15)5-7-12/h4-7,16H,8-9H2,1-3H3. The Morgan fingerprint density at radius 1 is 1.38 bits per heavy atom. The van der Waals surface area contributed by atoms with Crippen LogP contribution >= 0.6 is 0 Å². The number of nitrogens with zero attached hydrogens (tertiary/aromatic N) is 4. The molecule has 7 heteroatoms. The number of benzene rings is 1. The average molecular weight is 291 g/mol. The molecule has 0 atom stereocenters. The van der Waals surface area contributed by atoms with Crippen molar-refractivity contribution in [2.75, 3.05) is 27.2 Å². The molecule has 0 saturated carbocycles. The fourth-order valence-electron chi connectivity index (χ4n) is 1.86. The van der Waals surface area contributed by atoms with E-state index in [1.807, 2.05) is 7.05 Å². The minimum atomic E-state index is -0.320. The number of hydrogen-bond acceptors (Lipinski definition) is 4. The summed E-state index contributed by atoms with van der Waals surface area (Å²) in [6, 6.07) is 5.87. The van der Waals surface area contributed by atoms with Crippen molar-refractivity contribution in [1.29, 1.82) is 0 Å². The lowest BCUT2D eigenvalue weighted by atomic mass is 10.3. The number of hydrogen-bond donors (Lipinski definition) is 1. The van der Waals surface area contributed by atoms with Crippen LogP contribution in [-0.4, -0.2) is 52.8 Å². The van der Waals surface area contributed by atoms with Gasteiger partial charge in [0, 0.05) is 20.1 Å². The van der Waals surface area contributed by atoms with E-state index in [0.717, 1.165) is 0 Å². The van der Waals surface area contributed by atoms with Crippen molar-refractivity contribution in [3.05, 3.63) is 41.7 Å². The maximum atomic E-state index is 12.9. The quantitative estimate of drug-likeness (QED) is 0.893. The molecule has 0 bridgehead atoms. The summed E-state index contributed by atoms with van der Waals surface area (Å²) in [6.07, 6.45) is 0. The molecule has 1 aromatic heterocycles. The Kier molecular flexibility index (Phi) is 4.64. The molecule has 21 heavy (non-hydrogen) atoms. The first-order valence-electron chi connectivity index (χ1n) is 6.62. The maximum absolute atomic E-state index is 12.9. The second-order valence-corrected chi connectivity index (χ2v) is 4.70. The topological polar surface area (TPSA) is 63.1 Å². The van der Waals surface area contributed by atoms with Gasteiger partial charge in [-0.25, -0.2) is 14.1 Å². The predicted molar refractivity (Wildman–Crippen MR) is 76.9 cm³/mol. The number of halogens is 1. The molecule has 0 saturated heterocycles. The van der Waals surface area contributed by atoms with Crippen molar-refractivity contribution < 1.29 is 9.18 Å². The van der Waals surface area contributed by atoms with Gasteiger partial charge < -0.3 is 10.2 Å². The van der Waals surface area contributed by atoms with Crippen molar-refractivity contribution in [2.45, 2.75) is 6.92 Å². The van der Waals surface area contributed by atoms with E-state index in [0.29, 0.717) is 24.6 Å². The van der Waals surface area contributed by atoms with E-state index in [2.05, 4.69) is 15.4 Å². The second kappa shape index (κ2) is 6.45. The van der Waals surface area contributed by atoms with Crippen LogP contribution in [0.25, 0.3) is 5.69 Å². The molecule has 1 N–H and O–H groups in total. The number of carbonyl (C=O) groups excluding carboxylic acids is 1. The highest BCUT2D eigenvalue weighted by molar-refractivity contribution is 5.90. The summed E-state index contributed by atoms with van der Waals surface area (Å²) in [5.41, 5.74) is 0.665. The van der Waals surface area contributed by atoms with Gasteiger partial charge in [0.25, 0.3) is 5.91 Å². The molecule has 0 unspecified atom stereocenters. The van der Waals surface area contributed by atoms with Gasteiger partial charge in [0.15, 0.2) is 0 Å². The van der Waals surface area contributed by atoms with Crippen LogP contribution in [0.2, 0.25) is 0 Å². The number of likely N-dealkylation sites (N-methyl/N-ethyl adjacent to an activating group) is 2. The lowest BCUT2D eigenvalue weighted by Gasteiger charge is -2.14. The Labute approximate surface area is 122 Å². The monoisotopic (exact) mass is 291 g/mol. The molecular formula is C14H18FN5O. The van der Waals surface area contributed by atoms with E-state index < -0.39 is 0 Å². The number of nitrogens with one attached hydrogen (secondary N) is 1. The summed E-state index contributed by atoms with van der Waals surface area (Å²) in [4.78, 5) is 17.9. The van der Waals surface area contributed by atoms with E-state index in [1.54, 1.807) is 31.0 Å². The van der Waals surface area contributed by atoms with Gasteiger partial charge in [-0.3, -0.25) is 4.79 Å². The molecule has 112 valence electrons. The fourth-order valence-corrected chi connectivity index (χ4v) is 1.86. The largest absolute Gasteiger partial charge is 0.338 e. The van der Waals surface area contributed by atoms with Crippen LogP contribution < -0.4 is 5.32 Å². The molecular weight excluding hydrogens is 273 g/mol. The normalized spacial score (nSPS) is 10.7. The minimum absolute atomic E-state index is 0.135. The van der Waals surface area contributed by atoms with Crippen LogP contribution in [0.5, 0.6) is 0 Å². The molecule has 0 aliphatic carbocycles. The first kappa shape index (κ1) is 15.1. The average Bonchev–Trinajstić information content (AvgIpc) is 2.86. The Morgan fingerprint density at radius 2 is 2.05 bits per heavy atom. The third-order valence-electron chi connectivity index (χ3n) is 3.08. The van der Waals surface area contributed by atoms with Gasteiger partial charge in [-0.1, -0.05) is 0 Å². The molecule has 1 aromatic carbocycles. The summed E-state index contributed by atoms with van der Waals surface area (Å²) >= 11 is 0. The molecule has 1 heterocycles. The van der Waals surface area contributed by atoms with Gasteiger partial charge in [0.05, 0.1) is 5.69 Å². The summed E-state index contributed by atoms with van der Waals surface area (Å²) in [6.45, 7) is 3.01. The molecule has 6 nitrogen and oxygen atoms in total. The molecule has 0 aliphatic rings. The molecule has 0 spiro atoms. The Bertz CT molecular complexity index is 623. The number of rotatable bonds is 5. The van der Waals surface area contributed by atoms with Crippen molar-refractivity contribution in [1.82, 2.24) is 25.0 Å². The van der Waals surface area contributed by atoms with E-state index in [9.17, 15) is 9.18 Å². The van der Waals surface area contributed by atoms with Gasteiger partial charge in [-0.05, 0) is 38.2 Å². The SMILES string of the molecule is CNCCN(C)C(=O)c1nc(C)n(-c2ccc(F)cc2)n1. The van der Waals surface area contributed by atoms with Gasteiger partial charge in [0.1, 0.15) is 11.6 Å². The first-order valence-corrected chi connectivity index (χ1v) is 6.62. The zero-order valence-electron chi connectivity index (χ0n) is 12.3. The third-order valence-corrected chi connectivity index (χ3v) is 3.08. The Hall–Kier alpha value is -2.28. The summed E-state index contributed by atoms with van der Waals surface area (Å²) in [5.74, 6) is 0.149. The number of carbonyl (C=O) groups is 1. The molecule has 1 amide bonds. The first-order chi connectivity index (χ1) is 10.0. The molecule has 2 rings (SSSR count). The van der Waals surface area contributed by atoms with Gasteiger partial charge in [-0.15, -0.1) is 5.10 Å². The van der Waals surface area contributed by atoms with Crippen molar-refractivity contribution >= 4 is 5.91 Å². The number of aryl methyl sites for hydroxylation is 1. The Balaban J connectivity index is 2.22. The predicted octanol–water partition coefficient (Wildman–Crippen LogP) is 1.01. The van der Waals surface area contributed by atoms with E-state index in [1.165, 1.54) is 16.8 Å². The summed E-state index contributed by atoms with van der Waals surface area (Å²) in [5, 5.41) is 7.19. The third kappa shape index (κ3) is 3.43. The van der Waals surface area contributed by atoms with Crippen LogP contribution in [0.1, 0.15) is 16.4 Å². The van der Waals surface area contributed by atoms with E-state index in [-0.39, 0.29) is 17.5 Å². The van der Waals surface area contributed by atoms with E-state index >= 15 is 0 Å². The fraction of sp³-hybridized carbons (Fsp3) is 0.357.